The fourth-order valence-corrected chi connectivity index (χ4v) is 1.77. The van der Waals surface area contributed by atoms with Crippen LogP contribution in [0.25, 0.3) is 0 Å². The van der Waals surface area contributed by atoms with Crippen LogP contribution in [-0.4, -0.2) is 35.7 Å². The first kappa shape index (κ1) is 10.4. The van der Waals surface area contributed by atoms with Crippen LogP contribution in [0.4, 0.5) is 5.69 Å². The van der Waals surface area contributed by atoms with E-state index in [4.69, 9.17) is 10.5 Å². The van der Waals surface area contributed by atoms with Crippen molar-refractivity contribution in [1.82, 2.24) is 9.88 Å². The molecular weight excluding hydrogens is 190 g/mol. The van der Waals surface area contributed by atoms with Gasteiger partial charge < -0.3 is 10.5 Å². The van der Waals surface area contributed by atoms with Gasteiger partial charge in [-0.2, -0.15) is 0 Å². The second-order valence-electron chi connectivity index (χ2n) is 3.93. The molecule has 1 aliphatic rings. The van der Waals surface area contributed by atoms with Gasteiger partial charge in [0, 0.05) is 25.3 Å². The highest BCUT2D eigenvalue weighted by molar-refractivity contribution is 5.41. The SMILES string of the molecule is CC1COCCN1Cc1ncccc1N. The van der Waals surface area contributed by atoms with Crippen molar-refractivity contribution >= 4 is 5.69 Å². The van der Waals surface area contributed by atoms with Gasteiger partial charge in [-0.05, 0) is 19.1 Å². The van der Waals surface area contributed by atoms with E-state index in [1.165, 1.54) is 0 Å². The molecule has 1 saturated heterocycles. The van der Waals surface area contributed by atoms with E-state index < -0.39 is 0 Å². The molecule has 0 radical (unpaired) electrons. The maximum atomic E-state index is 5.86. The number of aromatic nitrogens is 1. The van der Waals surface area contributed by atoms with Crippen LogP contribution in [0.15, 0.2) is 18.3 Å². The fourth-order valence-electron chi connectivity index (χ4n) is 1.77. The lowest BCUT2D eigenvalue weighted by Gasteiger charge is -2.33. The van der Waals surface area contributed by atoms with Gasteiger partial charge in [0.2, 0.25) is 0 Å². The number of ether oxygens (including phenoxy) is 1. The summed E-state index contributed by atoms with van der Waals surface area (Å²) in [5.41, 5.74) is 7.60. The highest BCUT2D eigenvalue weighted by Crippen LogP contribution is 2.14. The first-order chi connectivity index (χ1) is 7.27. The van der Waals surface area contributed by atoms with Gasteiger partial charge in [-0.25, -0.2) is 0 Å². The molecule has 1 atom stereocenters. The Morgan fingerprint density at radius 1 is 1.67 bits per heavy atom. The minimum atomic E-state index is 0.445. The van der Waals surface area contributed by atoms with Crippen molar-refractivity contribution in [2.75, 3.05) is 25.5 Å². The Morgan fingerprint density at radius 3 is 3.27 bits per heavy atom. The first-order valence-corrected chi connectivity index (χ1v) is 5.28. The minimum Gasteiger partial charge on any atom is -0.397 e. The third-order valence-corrected chi connectivity index (χ3v) is 2.78. The van der Waals surface area contributed by atoms with E-state index in [-0.39, 0.29) is 0 Å². The predicted molar refractivity (Wildman–Crippen MR) is 59.3 cm³/mol. The average Bonchev–Trinajstić information content (AvgIpc) is 2.24. The molecular formula is C11H17N3O. The molecule has 1 aromatic rings. The standard InChI is InChI=1S/C11H17N3O/c1-9-8-15-6-5-14(9)7-11-10(12)3-2-4-13-11/h2-4,9H,5-8,12H2,1H3. The summed E-state index contributed by atoms with van der Waals surface area (Å²) < 4.78 is 5.39. The Labute approximate surface area is 90.0 Å². The molecule has 1 unspecified atom stereocenters. The Kier molecular flexibility index (Phi) is 3.18. The molecule has 0 spiro atoms. The van der Waals surface area contributed by atoms with Crippen molar-refractivity contribution in [2.45, 2.75) is 19.5 Å². The number of rotatable bonds is 2. The molecule has 0 saturated carbocycles. The van der Waals surface area contributed by atoms with E-state index in [1.54, 1.807) is 6.20 Å². The Hall–Kier alpha value is -1.13. The lowest BCUT2D eigenvalue weighted by atomic mass is 10.2. The van der Waals surface area contributed by atoms with Gasteiger partial charge in [0.1, 0.15) is 0 Å². The number of nitrogens with two attached hydrogens (primary N) is 1. The normalized spacial score (nSPS) is 22.9. The fraction of sp³-hybridized carbons (Fsp3) is 0.545. The van der Waals surface area contributed by atoms with Crippen LogP contribution in [0.1, 0.15) is 12.6 Å². The number of morpholine rings is 1. The molecule has 0 aromatic carbocycles. The summed E-state index contributed by atoms with van der Waals surface area (Å²) >= 11 is 0. The lowest BCUT2D eigenvalue weighted by Crippen LogP contribution is -2.43. The molecule has 4 heteroatoms. The van der Waals surface area contributed by atoms with Gasteiger partial charge in [-0.3, -0.25) is 9.88 Å². The zero-order valence-electron chi connectivity index (χ0n) is 9.02. The van der Waals surface area contributed by atoms with Crippen molar-refractivity contribution < 1.29 is 4.74 Å². The summed E-state index contributed by atoms with van der Waals surface area (Å²) in [5, 5.41) is 0. The van der Waals surface area contributed by atoms with Crippen molar-refractivity contribution in [2.24, 2.45) is 0 Å². The molecule has 2 N–H and O–H groups in total. The van der Waals surface area contributed by atoms with Crippen LogP contribution in [0.5, 0.6) is 0 Å². The second kappa shape index (κ2) is 4.59. The van der Waals surface area contributed by atoms with Crippen molar-refractivity contribution in [3.8, 4) is 0 Å². The molecule has 2 rings (SSSR count). The summed E-state index contributed by atoms with van der Waals surface area (Å²) in [6, 6.07) is 4.20. The molecule has 4 nitrogen and oxygen atoms in total. The highest BCUT2D eigenvalue weighted by atomic mass is 16.5. The Bertz CT molecular complexity index is 329. The minimum absolute atomic E-state index is 0.445. The van der Waals surface area contributed by atoms with Crippen LogP contribution in [0.2, 0.25) is 0 Å². The summed E-state index contributed by atoms with van der Waals surface area (Å²) in [7, 11) is 0. The van der Waals surface area contributed by atoms with Crippen LogP contribution >= 0.6 is 0 Å². The summed E-state index contributed by atoms with van der Waals surface area (Å²) in [4.78, 5) is 6.65. The van der Waals surface area contributed by atoms with Gasteiger partial charge in [-0.1, -0.05) is 0 Å². The van der Waals surface area contributed by atoms with E-state index in [1.807, 2.05) is 12.1 Å². The Morgan fingerprint density at radius 2 is 2.53 bits per heavy atom. The van der Waals surface area contributed by atoms with Crippen molar-refractivity contribution in [3.05, 3.63) is 24.0 Å². The number of nitrogen functional groups attached to an aromatic ring is 1. The van der Waals surface area contributed by atoms with Gasteiger partial charge in [0.25, 0.3) is 0 Å². The van der Waals surface area contributed by atoms with Crippen LogP contribution in [0.3, 0.4) is 0 Å². The number of pyridine rings is 1. The number of nitrogens with zero attached hydrogens (tertiary/aromatic N) is 2. The zero-order valence-corrected chi connectivity index (χ0v) is 9.02. The molecule has 15 heavy (non-hydrogen) atoms. The van der Waals surface area contributed by atoms with E-state index in [0.717, 1.165) is 37.7 Å². The lowest BCUT2D eigenvalue weighted by molar-refractivity contribution is -0.00480. The molecule has 0 aliphatic carbocycles. The van der Waals surface area contributed by atoms with E-state index in [2.05, 4.69) is 16.8 Å². The molecule has 1 aliphatic heterocycles. The first-order valence-electron chi connectivity index (χ1n) is 5.28. The van der Waals surface area contributed by atoms with Crippen LogP contribution in [0, 0.1) is 0 Å². The maximum Gasteiger partial charge on any atom is 0.0772 e. The summed E-state index contributed by atoms with van der Waals surface area (Å²) in [6.45, 7) is 5.54. The van der Waals surface area contributed by atoms with Crippen molar-refractivity contribution in [3.63, 3.8) is 0 Å². The molecule has 1 aromatic heterocycles. The molecule has 1 fully saturated rings. The smallest absolute Gasteiger partial charge is 0.0772 e. The van der Waals surface area contributed by atoms with Crippen molar-refractivity contribution in [1.29, 1.82) is 0 Å². The monoisotopic (exact) mass is 207 g/mol. The largest absolute Gasteiger partial charge is 0.397 e. The Balaban J connectivity index is 2.04. The van der Waals surface area contributed by atoms with E-state index in [9.17, 15) is 0 Å². The number of anilines is 1. The summed E-state index contributed by atoms with van der Waals surface area (Å²) in [5.74, 6) is 0. The predicted octanol–water partition coefficient (Wildman–Crippen LogP) is 0.884. The molecule has 82 valence electrons. The summed E-state index contributed by atoms with van der Waals surface area (Å²) in [6.07, 6.45) is 1.79. The molecule has 0 bridgehead atoms. The highest BCUT2D eigenvalue weighted by Gasteiger charge is 2.19. The van der Waals surface area contributed by atoms with E-state index in [0.29, 0.717) is 6.04 Å². The number of hydrogen-bond donors (Lipinski definition) is 1. The van der Waals surface area contributed by atoms with Gasteiger partial charge in [-0.15, -0.1) is 0 Å². The third-order valence-electron chi connectivity index (χ3n) is 2.78. The van der Waals surface area contributed by atoms with Gasteiger partial charge >= 0.3 is 0 Å². The van der Waals surface area contributed by atoms with E-state index >= 15 is 0 Å². The topological polar surface area (TPSA) is 51.4 Å². The molecule has 2 heterocycles. The average molecular weight is 207 g/mol. The number of hydrogen-bond acceptors (Lipinski definition) is 4. The zero-order chi connectivity index (χ0) is 10.7. The molecule has 0 amide bonds. The van der Waals surface area contributed by atoms with Crippen LogP contribution in [-0.2, 0) is 11.3 Å². The van der Waals surface area contributed by atoms with Crippen LogP contribution < -0.4 is 5.73 Å². The maximum absolute atomic E-state index is 5.86. The second-order valence-corrected chi connectivity index (χ2v) is 3.93. The third kappa shape index (κ3) is 2.46. The van der Waals surface area contributed by atoms with Gasteiger partial charge in [0.15, 0.2) is 0 Å². The van der Waals surface area contributed by atoms with Gasteiger partial charge in [0.05, 0.1) is 24.6 Å². The quantitative estimate of drug-likeness (QED) is 0.782.